The predicted octanol–water partition coefficient (Wildman–Crippen LogP) is 1.94. The highest BCUT2D eigenvalue weighted by molar-refractivity contribution is 8.00. The monoisotopic (exact) mass is 354 g/mol. The molecule has 0 saturated carbocycles. The van der Waals surface area contributed by atoms with E-state index in [4.69, 9.17) is 5.14 Å². The molecule has 1 saturated heterocycles. The van der Waals surface area contributed by atoms with E-state index in [0.29, 0.717) is 5.69 Å². The second kappa shape index (κ2) is 6.09. The first-order valence-corrected chi connectivity index (χ1v) is 8.73. The molecule has 1 aromatic rings. The molecule has 1 atom stereocenters. The number of alkyl halides is 3. The zero-order valence-corrected chi connectivity index (χ0v) is 12.8. The van der Waals surface area contributed by atoms with Gasteiger partial charge < -0.3 is 4.90 Å². The van der Waals surface area contributed by atoms with E-state index in [2.05, 4.69) is 0 Å². The van der Waals surface area contributed by atoms with Gasteiger partial charge >= 0.3 is 5.51 Å². The Morgan fingerprint density at radius 3 is 2.64 bits per heavy atom. The molecule has 122 valence electrons. The summed E-state index contributed by atoms with van der Waals surface area (Å²) in [7, 11) is -3.70. The van der Waals surface area contributed by atoms with Crippen molar-refractivity contribution in [2.24, 2.45) is 11.1 Å². The fraction of sp³-hybridized carbons (Fsp3) is 0.417. The molecule has 1 aliphatic heterocycles. The van der Waals surface area contributed by atoms with E-state index in [1.165, 1.54) is 29.2 Å². The number of benzene rings is 1. The third kappa shape index (κ3) is 4.89. The van der Waals surface area contributed by atoms with Crippen LogP contribution in [0.25, 0.3) is 0 Å². The van der Waals surface area contributed by atoms with E-state index < -0.39 is 21.4 Å². The van der Waals surface area contributed by atoms with Crippen LogP contribution in [-0.2, 0) is 14.8 Å². The van der Waals surface area contributed by atoms with Crippen LogP contribution in [0.4, 0.5) is 18.9 Å². The Kier molecular flexibility index (Phi) is 4.73. The molecule has 5 nitrogen and oxygen atoms in total. The van der Waals surface area contributed by atoms with Gasteiger partial charge in [0.2, 0.25) is 15.9 Å². The second-order valence-electron chi connectivity index (χ2n) is 4.95. The Bertz CT molecular complexity index is 676. The number of halogens is 3. The van der Waals surface area contributed by atoms with Crippen molar-refractivity contribution in [3.63, 3.8) is 0 Å². The maximum Gasteiger partial charge on any atom is 0.446 e. The summed E-state index contributed by atoms with van der Waals surface area (Å²) in [4.78, 5) is 13.2. The summed E-state index contributed by atoms with van der Waals surface area (Å²) >= 11 is -0.268. The van der Waals surface area contributed by atoms with Gasteiger partial charge in [-0.3, -0.25) is 4.79 Å². The first kappa shape index (κ1) is 17.1. The van der Waals surface area contributed by atoms with Crippen LogP contribution in [0.1, 0.15) is 6.42 Å². The van der Waals surface area contributed by atoms with Crippen LogP contribution >= 0.6 is 11.8 Å². The SMILES string of the molecule is NS(=O)(=O)CC1CC(=O)N(c2cccc(SC(F)(F)F)c2)C1. The summed E-state index contributed by atoms with van der Waals surface area (Å²) in [6, 6.07) is 5.49. The van der Waals surface area contributed by atoms with Crippen LogP contribution in [0.15, 0.2) is 29.2 Å². The maximum absolute atomic E-state index is 12.4. The lowest BCUT2D eigenvalue weighted by molar-refractivity contribution is -0.117. The number of hydrogen-bond donors (Lipinski definition) is 1. The molecule has 1 aliphatic rings. The number of hydrogen-bond acceptors (Lipinski definition) is 4. The number of nitrogens with zero attached hydrogens (tertiary/aromatic N) is 1. The summed E-state index contributed by atoms with van der Waals surface area (Å²) in [6.45, 7) is 0.120. The van der Waals surface area contributed by atoms with Crippen molar-refractivity contribution in [3.8, 4) is 0 Å². The van der Waals surface area contributed by atoms with Crippen molar-refractivity contribution in [1.29, 1.82) is 0 Å². The van der Waals surface area contributed by atoms with Gasteiger partial charge in [-0.1, -0.05) is 6.07 Å². The number of amides is 1. The number of thioether (sulfide) groups is 1. The molecule has 1 heterocycles. The average Bonchev–Trinajstić information content (AvgIpc) is 2.65. The number of carbonyl (C=O) groups is 1. The molecule has 0 spiro atoms. The quantitative estimate of drug-likeness (QED) is 0.838. The van der Waals surface area contributed by atoms with Crippen molar-refractivity contribution in [1.82, 2.24) is 0 Å². The number of nitrogens with two attached hydrogens (primary N) is 1. The van der Waals surface area contributed by atoms with Gasteiger partial charge in [0.25, 0.3) is 0 Å². The molecule has 1 fully saturated rings. The van der Waals surface area contributed by atoms with Crippen molar-refractivity contribution < 1.29 is 26.4 Å². The third-order valence-electron chi connectivity index (χ3n) is 3.04. The van der Waals surface area contributed by atoms with Gasteiger partial charge in [-0.25, -0.2) is 13.6 Å². The van der Waals surface area contributed by atoms with Gasteiger partial charge in [-0.05, 0) is 30.0 Å². The van der Waals surface area contributed by atoms with Gasteiger partial charge in [0, 0.05) is 29.5 Å². The van der Waals surface area contributed by atoms with Gasteiger partial charge in [-0.2, -0.15) is 13.2 Å². The number of anilines is 1. The number of primary sulfonamides is 1. The molecule has 2 rings (SSSR count). The largest absolute Gasteiger partial charge is 0.446 e. The van der Waals surface area contributed by atoms with E-state index in [0.717, 1.165) is 0 Å². The molecule has 0 bridgehead atoms. The van der Waals surface area contributed by atoms with E-state index in [1.807, 2.05) is 0 Å². The second-order valence-corrected chi connectivity index (χ2v) is 7.75. The standard InChI is InChI=1S/C12H13F3N2O3S2/c13-12(14,15)21-10-3-1-2-9(5-10)17-6-8(4-11(17)18)7-22(16,19)20/h1-3,5,8H,4,6-7H2,(H2,16,19,20). The molecular weight excluding hydrogens is 341 g/mol. The molecule has 10 heteroatoms. The number of carbonyl (C=O) groups excluding carboxylic acids is 1. The highest BCUT2D eigenvalue weighted by atomic mass is 32.2. The maximum atomic E-state index is 12.4. The van der Waals surface area contributed by atoms with Crippen LogP contribution in [0.3, 0.4) is 0 Å². The highest BCUT2D eigenvalue weighted by Gasteiger charge is 2.34. The normalized spacial score (nSPS) is 19.7. The van der Waals surface area contributed by atoms with Crippen molar-refractivity contribution in [3.05, 3.63) is 24.3 Å². The van der Waals surface area contributed by atoms with Crippen LogP contribution in [0.5, 0.6) is 0 Å². The first-order valence-electron chi connectivity index (χ1n) is 6.20. The Labute approximate surface area is 129 Å². The minimum atomic E-state index is -4.41. The summed E-state index contributed by atoms with van der Waals surface area (Å²) in [5.74, 6) is -1.11. The number of sulfonamides is 1. The lowest BCUT2D eigenvalue weighted by Gasteiger charge is -2.17. The molecule has 1 unspecified atom stereocenters. The first-order chi connectivity index (χ1) is 10.0. The molecule has 0 radical (unpaired) electrons. The zero-order chi connectivity index (χ0) is 16.5. The van der Waals surface area contributed by atoms with Crippen LogP contribution in [0.2, 0.25) is 0 Å². The third-order valence-corrected chi connectivity index (χ3v) is 4.69. The van der Waals surface area contributed by atoms with E-state index in [9.17, 15) is 26.4 Å². The molecule has 1 amide bonds. The molecule has 0 aromatic heterocycles. The lowest BCUT2D eigenvalue weighted by atomic mass is 10.1. The summed E-state index contributed by atoms with van der Waals surface area (Å²) in [5.41, 5.74) is -4.10. The Morgan fingerprint density at radius 1 is 1.36 bits per heavy atom. The Balaban J connectivity index is 2.15. The van der Waals surface area contributed by atoms with E-state index in [1.54, 1.807) is 0 Å². The zero-order valence-electron chi connectivity index (χ0n) is 11.2. The van der Waals surface area contributed by atoms with Crippen molar-refractivity contribution >= 4 is 33.4 Å². The fourth-order valence-electron chi connectivity index (χ4n) is 2.32. The molecule has 0 aliphatic carbocycles. The predicted molar refractivity (Wildman–Crippen MR) is 76.8 cm³/mol. The smallest absolute Gasteiger partial charge is 0.312 e. The minimum Gasteiger partial charge on any atom is -0.312 e. The molecule has 2 N–H and O–H groups in total. The van der Waals surface area contributed by atoms with Gasteiger partial charge in [0.1, 0.15) is 0 Å². The highest BCUT2D eigenvalue weighted by Crippen LogP contribution is 2.38. The molecule has 22 heavy (non-hydrogen) atoms. The fourth-order valence-corrected chi connectivity index (χ4v) is 3.79. The van der Waals surface area contributed by atoms with Gasteiger partial charge in [-0.15, -0.1) is 0 Å². The Hall–Kier alpha value is -1.26. The topological polar surface area (TPSA) is 80.5 Å². The van der Waals surface area contributed by atoms with Gasteiger partial charge in [0.05, 0.1) is 5.75 Å². The molecular formula is C12H13F3N2O3S2. The summed E-state index contributed by atoms with van der Waals surface area (Å²) in [6.07, 6.45) is 0.00702. The van der Waals surface area contributed by atoms with E-state index >= 15 is 0 Å². The van der Waals surface area contributed by atoms with Gasteiger partial charge in [0.15, 0.2) is 0 Å². The van der Waals surface area contributed by atoms with Crippen LogP contribution < -0.4 is 10.0 Å². The molecule has 1 aromatic carbocycles. The summed E-state index contributed by atoms with van der Waals surface area (Å²) < 4.78 is 59.3. The van der Waals surface area contributed by atoms with Crippen molar-refractivity contribution in [2.45, 2.75) is 16.8 Å². The minimum absolute atomic E-state index is 0.00702. The van der Waals surface area contributed by atoms with Crippen molar-refractivity contribution in [2.75, 3.05) is 17.2 Å². The lowest BCUT2D eigenvalue weighted by Crippen LogP contribution is -2.27. The van der Waals surface area contributed by atoms with E-state index in [-0.39, 0.29) is 41.3 Å². The number of rotatable bonds is 4. The Morgan fingerprint density at radius 2 is 2.05 bits per heavy atom. The van der Waals surface area contributed by atoms with Crippen LogP contribution in [0, 0.1) is 5.92 Å². The van der Waals surface area contributed by atoms with Crippen LogP contribution in [-0.4, -0.2) is 32.1 Å². The average molecular weight is 354 g/mol. The summed E-state index contributed by atoms with van der Waals surface area (Å²) in [5, 5.41) is 4.95.